The number of likely N-dealkylation sites (N-methyl/N-ethyl adjacent to an activating group) is 1. The first kappa shape index (κ1) is 14.3. The minimum Gasteiger partial charge on any atom is -0.378 e. The molecule has 3 heteroatoms. The van der Waals surface area contributed by atoms with Gasteiger partial charge in [-0.05, 0) is 52.6 Å². The molecular weight excluding hydrogens is 224 g/mol. The van der Waals surface area contributed by atoms with Crippen molar-refractivity contribution in [3.63, 3.8) is 0 Å². The van der Waals surface area contributed by atoms with Crippen LogP contribution in [-0.4, -0.2) is 49.8 Å². The van der Waals surface area contributed by atoms with E-state index in [1.165, 1.54) is 44.9 Å². The van der Waals surface area contributed by atoms with Crippen LogP contribution in [0.15, 0.2) is 0 Å². The van der Waals surface area contributed by atoms with Gasteiger partial charge in [0.15, 0.2) is 0 Å². The Morgan fingerprint density at radius 2 is 2.11 bits per heavy atom. The van der Waals surface area contributed by atoms with Gasteiger partial charge in [0.2, 0.25) is 0 Å². The quantitative estimate of drug-likeness (QED) is 0.788. The molecule has 0 spiro atoms. The van der Waals surface area contributed by atoms with Gasteiger partial charge in [0.1, 0.15) is 0 Å². The molecule has 1 saturated heterocycles. The van der Waals surface area contributed by atoms with Crippen LogP contribution in [-0.2, 0) is 4.74 Å². The van der Waals surface area contributed by atoms with Crippen molar-refractivity contribution >= 4 is 0 Å². The Morgan fingerprint density at radius 1 is 1.33 bits per heavy atom. The van der Waals surface area contributed by atoms with E-state index < -0.39 is 0 Å². The summed E-state index contributed by atoms with van der Waals surface area (Å²) in [5.74, 6) is 0. The average Bonchev–Trinajstić information content (AvgIpc) is 2.28. The van der Waals surface area contributed by atoms with E-state index >= 15 is 0 Å². The van der Waals surface area contributed by atoms with Crippen LogP contribution < -0.4 is 5.32 Å². The van der Waals surface area contributed by atoms with Crippen molar-refractivity contribution in [3.8, 4) is 0 Å². The van der Waals surface area contributed by atoms with Gasteiger partial charge < -0.3 is 15.0 Å². The second-order valence-corrected chi connectivity index (χ2v) is 6.36. The van der Waals surface area contributed by atoms with Crippen LogP contribution >= 0.6 is 0 Å². The van der Waals surface area contributed by atoms with Crippen LogP contribution in [0.3, 0.4) is 0 Å². The molecule has 0 bridgehead atoms. The Hall–Kier alpha value is -0.120. The fourth-order valence-electron chi connectivity index (χ4n) is 3.29. The van der Waals surface area contributed by atoms with E-state index in [4.69, 9.17) is 4.74 Å². The predicted molar refractivity (Wildman–Crippen MR) is 75.9 cm³/mol. The van der Waals surface area contributed by atoms with Crippen molar-refractivity contribution in [2.75, 3.05) is 27.2 Å². The molecule has 0 amide bonds. The van der Waals surface area contributed by atoms with Crippen LogP contribution in [0.2, 0.25) is 0 Å². The van der Waals surface area contributed by atoms with Crippen LogP contribution in [0, 0.1) is 0 Å². The minimum absolute atomic E-state index is 0.443. The van der Waals surface area contributed by atoms with Crippen molar-refractivity contribution in [2.45, 2.75) is 69.6 Å². The highest BCUT2D eigenvalue weighted by atomic mass is 16.5. The van der Waals surface area contributed by atoms with E-state index in [0.717, 1.165) is 13.2 Å². The van der Waals surface area contributed by atoms with Gasteiger partial charge in [-0.25, -0.2) is 0 Å². The molecule has 2 unspecified atom stereocenters. The summed E-state index contributed by atoms with van der Waals surface area (Å²) < 4.78 is 5.82. The summed E-state index contributed by atoms with van der Waals surface area (Å²) in [7, 11) is 4.45. The molecule has 106 valence electrons. The normalized spacial score (nSPS) is 31.3. The molecule has 1 aliphatic heterocycles. The van der Waals surface area contributed by atoms with Gasteiger partial charge in [0.25, 0.3) is 0 Å². The molecule has 0 radical (unpaired) electrons. The largest absolute Gasteiger partial charge is 0.378 e. The van der Waals surface area contributed by atoms with Crippen LogP contribution in [0.4, 0.5) is 0 Å². The smallest absolute Gasteiger partial charge is 0.0589 e. The van der Waals surface area contributed by atoms with Crippen molar-refractivity contribution in [2.24, 2.45) is 0 Å². The number of hydrogen-bond acceptors (Lipinski definition) is 3. The lowest BCUT2D eigenvalue weighted by atomic mass is 9.75. The van der Waals surface area contributed by atoms with Crippen molar-refractivity contribution in [3.05, 3.63) is 0 Å². The van der Waals surface area contributed by atoms with Gasteiger partial charge in [0, 0.05) is 24.7 Å². The Balaban J connectivity index is 1.75. The van der Waals surface area contributed by atoms with Crippen molar-refractivity contribution < 1.29 is 4.74 Å². The van der Waals surface area contributed by atoms with Gasteiger partial charge in [-0.3, -0.25) is 0 Å². The third kappa shape index (κ3) is 3.25. The number of ether oxygens (including phenoxy) is 1. The lowest BCUT2D eigenvalue weighted by Crippen LogP contribution is -2.58. The van der Waals surface area contributed by atoms with Gasteiger partial charge in [-0.15, -0.1) is 0 Å². The lowest BCUT2D eigenvalue weighted by Gasteiger charge is -2.48. The Kier molecular flexibility index (Phi) is 5.05. The first-order valence-electron chi connectivity index (χ1n) is 7.69. The number of nitrogens with one attached hydrogen (secondary N) is 1. The van der Waals surface area contributed by atoms with Crippen LogP contribution in [0.1, 0.15) is 51.9 Å². The maximum Gasteiger partial charge on any atom is 0.0589 e. The first-order chi connectivity index (χ1) is 8.66. The van der Waals surface area contributed by atoms with Gasteiger partial charge in [-0.2, -0.15) is 0 Å². The fraction of sp³-hybridized carbons (Fsp3) is 1.00. The van der Waals surface area contributed by atoms with Gasteiger partial charge in [0.05, 0.1) is 6.10 Å². The Labute approximate surface area is 112 Å². The zero-order valence-corrected chi connectivity index (χ0v) is 12.4. The molecule has 2 rings (SSSR count). The molecule has 2 aliphatic rings. The zero-order valence-electron chi connectivity index (χ0n) is 12.4. The fourth-order valence-corrected chi connectivity index (χ4v) is 3.29. The van der Waals surface area contributed by atoms with Crippen molar-refractivity contribution in [1.82, 2.24) is 10.2 Å². The van der Waals surface area contributed by atoms with E-state index in [-0.39, 0.29) is 0 Å². The molecule has 2 atom stereocenters. The molecule has 0 aromatic carbocycles. The number of hydrogen-bond donors (Lipinski definition) is 1. The lowest BCUT2D eigenvalue weighted by molar-refractivity contribution is -0.00986. The molecule has 0 aromatic heterocycles. The summed E-state index contributed by atoms with van der Waals surface area (Å²) in [6, 6.07) is 0.674. The third-order valence-corrected chi connectivity index (χ3v) is 4.93. The summed E-state index contributed by atoms with van der Waals surface area (Å²) in [6.45, 7) is 4.34. The van der Waals surface area contributed by atoms with Crippen LogP contribution in [0.25, 0.3) is 0 Å². The molecule has 1 aliphatic carbocycles. The van der Waals surface area contributed by atoms with Gasteiger partial charge in [-0.1, -0.05) is 13.3 Å². The predicted octanol–water partition coefficient (Wildman–Crippen LogP) is 2.41. The molecule has 1 heterocycles. The highest BCUT2D eigenvalue weighted by molar-refractivity contribution is 4.98. The third-order valence-electron chi connectivity index (χ3n) is 4.93. The van der Waals surface area contributed by atoms with E-state index in [0.29, 0.717) is 17.7 Å². The zero-order chi connectivity index (χ0) is 13.0. The second kappa shape index (κ2) is 6.36. The highest BCUT2D eigenvalue weighted by Crippen LogP contribution is 2.35. The Bertz CT molecular complexity index is 249. The Morgan fingerprint density at radius 3 is 2.67 bits per heavy atom. The van der Waals surface area contributed by atoms with E-state index in [2.05, 4.69) is 31.2 Å². The molecule has 2 fully saturated rings. The first-order valence-corrected chi connectivity index (χ1v) is 7.69. The van der Waals surface area contributed by atoms with E-state index in [9.17, 15) is 0 Å². The molecular formula is C15H30N2O. The molecule has 3 nitrogen and oxygen atoms in total. The van der Waals surface area contributed by atoms with E-state index in [1.807, 2.05) is 0 Å². The molecule has 0 aromatic rings. The molecule has 1 N–H and O–H groups in total. The maximum absolute atomic E-state index is 5.82. The molecule has 18 heavy (non-hydrogen) atoms. The van der Waals surface area contributed by atoms with Crippen molar-refractivity contribution in [1.29, 1.82) is 0 Å². The highest BCUT2D eigenvalue weighted by Gasteiger charge is 2.39. The summed E-state index contributed by atoms with van der Waals surface area (Å²) in [5.41, 5.74) is 0.443. The average molecular weight is 254 g/mol. The summed E-state index contributed by atoms with van der Waals surface area (Å²) in [6.07, 6.45) is 9.45. The maximum atomic E-state index is 5.82. The minimum atomic E-state index is 0.443. The topological polar surface area (TPSA) is 24.5 Å². The molecule has 1 saturated carbocycles. The monoisotopic (exact) mass is 254 g/mol. The summed E-state index contributed by atoms with van der Waals surface area (Å²) >= 11 is 0. The van der Waals surface area contributed by atoms with Crippen LogP contribution in [0.5, 0.6) is 0 Å². The summed E-state index contributed by atoms with van der Waals surface area (Å²) in [4.78, 5) is 2.42. The SMILES string of the molecule is CCCC1CC(NCC2(N(C)C)CCC2)CCO1. The summed E-state index contributed by atoms with van der Waals surface area (Å²) in [5, 5.41) is 3.81. The number of rotatable bonds is 6. The van der Waals surface area contributed by atoms with E-state index in [1.54, 1.807) is 0 Å². The van der Waals surface area contributed by atoms with Gasteiger partial charge >= 0.3 is 0 Å². The standard InChI is InChI=1S/C15H30N2O/c1-4-6-14-11-13(7-10-18-14)16-12-15(17(2)3)8-5-9-15/h13-14,16H,4-12H2,1-3H3. The number of nitrogens with zero attached hydrogens (tertiary/aromatic N) is 1. The second-order valence-electron chi connectivity index (χ2n) is 6.36.